The summed E-state index contributed by atoms with van der Waals surface area (Å²) in [4.78, 5) is 31.3. The van der Waals surface area contributed by atoms with Crippen LogP contribution in [0.25, 0.3) is 0 Å². The van der Waals surface area contributed by atoms with Crippen molar-refractivity contribution in [2.24, 2.45) is 0 Å². The van der Waals surface area contributed by atoms with E-state index in [2.05, 4.69) is 20.6 Å². The third-order valence-corrected chi connectivity index (χ3v) is 3.90. The molecule has 0 saturated heterocycles. The molecule has 0 bridgehead atoms. The van der Waals surface area contributed by atoms with E-state index in [1.54, 1.807) is 25.3 Å². The number of nitrogens with zero attached hydrogens (tertiary/aromatic N) is 1. The van der Waals surface area contributed by atoms with E-state index in [4.69, 9.17) is 0 Å². The smallest absolute Gasteiger partial charge is 0.261 e. The average molecular weight is 348 g/mol. The first-order valence-electron chi connectivity index (χ1n) is 8.37. The zero-order valence-electron chi connectivity index (χ0n) is 14.5. The van der Waals surface area contributed by atoms with Crippen molar-refractivity contribution in [2.75, 3.05) is 17.2 Å². The molecule has 2 aromatic heterocycles. The van der Waals surface area contributed by atoms with E-state index in [9.17, 15) is 9.59 Å². The molecule has 0 saturated carbocycles. The van der Waals surface area contributed by atoms with Gasteiger partial charge < -0.3 is 15.6 Å². The zero-order chi connectivity index (χ0) is 18.4. The largest absolute Gasteiger partial charge is 0.383 e. The summed E-state index contributed by atoms with van der Waals surface area (Å²) in [5.74, 6) is -0.440. The van der Waals surface area contributed by atoms with Crippen LogP contribution in [0.2, 0.25) is 0 Å². The van der Waals surface area contributed by atoms with Crippen LogP contribution in [0.1, 0.15) is 21.7 Å². The summed E-state index contributed by atoms with van der Waals surface area (Å²) in [5.41, 5.74) is 2.80. The molecule has 6 heteroatoms. The minimum atomic E-state index is -0.440. The van der Waals surface area contributed by atoms with Crippen molar-refractivity contribution in [2.45, 2.75) is 13.3 Å². The van der Waals surface area contributed by atoms with Gasteiger partial charge in [0.25, 0.3) is 11.5 Å². The molecular weight excluding hydrogens is 328 g/mol. The maximum absolute atomic E-state index is 12.4. The lowest BCUT2D eigenvalue weighted by atomic mass is 10.2. The summed E-state index contributed by atoms with van der Waals surface area (Å²) in [5, 5.41) is 6.10. The van der Waals surface area contributed by atoms with Crippen molar-refractivity contribution in [1.82, 2.24) is 9.97 Å². The molecule has 2 heterocycles. The number of hydrogen-bond acceptors (Lipinski definition) is 4. The lowest BCUT2D eigenvalue weighted by molar-refractivity contribution is 0.102. The zero-order valence-corrected chi connectivity index (χ0v) is 14.5. The van der Waals surface area contributed by atoms with Crippen LogP contribution in [0.3, 0.4) is 0 Å². The number of nitrogens with one attached hydrogen (secondary N) is 3. The Morgan fingerprint density at radius 2 is 1.81 bits per heavy atom. The van der Waals surface area contributed by atoms with Gasteiger partial charge in [-0.05, 0) is 43.3 Å². The van der Waals surface area contributed by atoms with E-state index < -0.39 is 11.5 Å². The number of aryl methyl sites for hydroxylation is 1. The van der Waals surface area contributed by atoms with Gasteiger partial charge in [0.15, 0.2) is 0 Å². The lowest BCUT2D eigenvalue weighted by Gasteiger charge is -2.13. The number of carbonyl (C=O) groups is 1. The second kappa shape index (κ2) is 8.11. The van der Waals surface area contributed by atoms with Crippen LogP contribution < -0.4 is 16.2 Å². The molecule has 0 aliphatic heterocycles. The first-order chi connectivity index (χ1) is 12.6. The molecular formula is C20H20N4O2. The van der Waals surface area contributed by atoms with Crippen molar-refractivity contribution < 1.29 is 4.79 Å². The van der Waals surface area contributed by atoms with Crippen LogP contribution >= 0.6 is 0 Å². The summed E-state index contributed by atoms with van der Waals surface area (Å²) in [7, 11) is 0. The number of hydrogen-bond donors (Lipinski definition) is 3. The van der Waals surface area contributed by atoms with Gasteiger partial charge in [-0.15, -0.1) is 0 Å². The highest BCUT2D eigenvalue weighted by molar-refractivity contribution is 6.05. The fraction of sp³-hybridized carbons (Fsp3) is 0.150. The van der Waals surface area contributed by atoms with E-state index >= 15 is 0 Å². The molecule has 26 heavy (non-hydrogen) atoms. The number of anilines is 2. The summed E-state index contributed by atoms with van der Waals surface area (Å²) >= 11 is 0. The molecule has 132 valence electrons. The second-order valence-electron chi connectivity index (χ2n) is 5.88. The normalized spacial score (nSPS) is 10.3. The van der Waals surface area contributed by atoms with Crippen molar-refractivity contribution >= 4 is 17.3 Å². The summed E-state index contributed by atoms with van der Waals surface area (Å²) in [6.45, 7) is 2.44. The first-order valence-corrected chi connectivity index (χ1v) is 8.37. The minimum absolute atomic E-state index is 0.0823. The fourth-order valence-electron chi connectivity index (χ4n) is 2.56. The molecule has 0 spiro atoms. The van der Waals surface area contributed by atoms with Crippen LogP contribution in [-0.2, 0) is 6.42 Å². The third-order valence-electron chi connectivity index (χ3n) is 3.90. The summed E-state index contributed by atoms with van der Waals surface area (Å²) < 4.78 is 0. The van der Waals surface area contributed by atoms with Crippen LogP contribution in [0.5, 0.6) is 0 Å². The monoisotopic (exact) mass is 348 g/mol. The summed E-state index contributed by atoms with van der Waals surface area (Å²) in [6, 6.07) is 16.4. The maximum atomic E-state index is 12.4. The van der Waals surface area contributed by atoms with E-state index in [0.717, 1.165) is 17.8 Å². The second-order valence-corrected chi connectivity index (χ2v) is 5.88. The number of pyridine rings is 2. The molecule has 0 atom stereocenters. The topological polar surface area (TPSA) is 86.9 Å². The number of H-pyrrole nitrogens is 1. The number of para-hydroxylation sites is 2. The minimum Gasteiger partial charge on any atom is -0.383 e. The van der Waals surface area contributed by atoms with E-state index in [-0.39, 0.29) is 5.56 Å². The molecule has 6 nitrogen and oxygen atoms in total. The van der Waals surface area contributed by atoms with Crippen LogP contribution in [0.15, 0.2) is 65.6 Å². The molecule has 3 N–H and O–H groups in total. The van der Waals surface area contributed by atoms with Crippen molar-refractivity contribution in [3.63, 3.8) is 0 Å². The number of aromatic nitrogens is 2. The van der Waals surface area contributed by atoms with Gasteiger partial charge in [0.1, 0.15) is 5.56 Å². The molecule has 1 amide bonds. The van der Waals surface area contributed by atoms with Crippen molar-refractivity contribution in [3.05, 3.63) is 88.1 Å². The van der Waals surface area contributed by atoms with Crippen molar-refractivity contribution in [1.29, 1.82) is 0 Å². The first kappa shape index (κ1) is 17.4. The van der Waals surface area contributed by atoms with Gasteiger partial charge in [-0.2, -0.15) is 0 Å². The molecule has 0 fully saturated rings. The third kappa shape index (κ3) is 4.36. The van der Waals surface area contributed by atoms with Gasteiger partial charge in [0.2, 0.25) is 0 Å². The molecule has 0 radical (unpaired) electrons. The van der Waals surface area contributed by atoms with Gasteiger partial charge in [-0.1, -0.05) is 18.2 Å². The SMILES string of the molecule is Cc1ccc(C(=O)Nc2ccccc2NCCc2ccccn2)c(=O)[nH]1. The van der Waals surface area contributed by atoms with E-state index in [0.29, 0.717) is 17.9 Å². The molecule has 0 aliphatic rings. The molecule has 0 aliphatic carbocycles. The standard InChI is InChI=1S/C20H20N4O2/c1-14-9-10-16(19(25)23-14)20(26)24-18-8-3-2-7-17(18)22-13-11-15-6-4-5-12-21-15/h2-10,12,22H,11,13H2,1H3,(H,23,25)(H,24,26). The van der Waals surface area contributed by atoms with Gasteiger partial charge in [-0.25, -0.2) is 0 Å². The van der Waals surface area contributed by atoms with Crippen LogP contribution in [0, 0.1) is 6.92 Å². The van der Waals surface area contributed by atoms with E-state index in [1.807, 2.05) is 36.4 Å². The Morgan fingerprint density at radius 3 is 2.54 bits per heavy atom. The highest BCUT2D eigenvalue weighted by atomic mass is 16.2. The van der Waals surface area contributed by atoms with E-state index in [1.165, 1.54) is 6.07 Å². The molecule has 3 aromatic rings. The van der Waals surface area contributed by atoms with Crippen LogP contribution in [0.4, 0.5) is 11.4 Å². The highest BCUT2D eigenvalue weighted by Crippen LogP contribution is 2.21. The fourth-order valence-corrected chi connectivity index (χ4v) is 2.56. The number of benzene rings is 1. The number of aromatic amines is 1. The maximum Gasteiger partial charge on any atom is 0.261 e. The predicted molar refractivity (Wildman–Crippen MR) is 103 cm³/mol. The Bertz CT molecular complexity index is 951. The molecule has 1 aromatic carbocycles. The predicted octanol–water partition coefficient (Wildman–Crippen LogP) is 2.99. The van der Waals surface area contributed by atoms with Gasteiger partial charge in [0, 0.05) is 30.6 Å². The summed E-state index contributed by atoms with van der Waals surface area (Å²) in [6.07, 6.45) is 2.53. The number of carbonyl (C=O) groups excluding carboxylic acids is 1. The average Bonchev–Trinajstić information content (AvgIpc) is 2.64. The Labute approximate surface area is 151 Å². The molecule has 0 unspecified atom stereocenters. The number of amides is 1. The Morgan fingerprint density at radius 1 is 1.04 bits per heavy atom. The quantitative estimate of drug-likeness (QED) is 0.639. The van der Waals surface area contributed by atoms with Gasteiger partial charge in [0.05, 0.1) is 11.4 Å². The lowest BCUT2D eigenvalue weighted by Crippen LogP contribution is -2.23. The van der Waals surface area contributed by atoms with Gasteiger partial charge in [-0.3, -0.25) is 14.6 Å². The van der Waals surface area contributed by atoms with Gasteiger partial charge >= 0.3 is 0 Å². The van der Waals surface area contributed by atoms with Crippen molar-refractivity contribution in [3.8, 4) is 0 Å². The molecule has 3 rings (SSSR count). The Kier molecular flexibility index (Phi) is 5.43. The Balaban J connectivity index is 1.68. The number of rotatable bonds is 6. The Hall–Kier alpha value is -3.41. The highest BCUT2D eigenvalue weighted by Gasteiger charge is 2.12. The van der Waals surface area contributed by atoms with Crippen LogP contribution in [-0.4, -0.2) is 22.4 Å².